The second-order valence-electron chi connectivity index (χ2n) is 7.94. The molecule has 2 heterocycles. The van der Waals surface area contributed by atoms with Crippen LogP contribution in [0.1, 0.15) is 50.4 Å². The molecule has 0 aromatic carbocycles. The summed E-state index contributed by atoms with van der Waals surface area (Å²) >= 11 is 0. The van der Waals surface area contributed by atoms with Gasteiger partial charge in [-0.2, -0.15) is 0 Å². The number of hydrogen-bond acceptors (Lipinski definition) is 4. The summed E-state index contributed by atoms with van der Waals surface area (Å²) in [5, 5.41) is 3.64. The van der Waals surface area contributed by atoms with Crippen molar-refractivity contribution in [3.63, 3.8) is 0 Å². The highest BCUT2D eigenvalue weighted by Crippen LogP contribution is 2.35. The number of aryl methyl sites for hydroxylation is 1. The van der Waals surface area contributed by atoms with E-state index in [0.29, 0.717) is 6.42 Å². The van der Waals surface area contributed by atoms with Crippen molar-refractivity contribution in [1.82, 2.24) is 9.97 Å². The average Bonchev–Trinajstić information content (AvgIpc) is 3.53. The van der Waals surface area contributed by atoms with Gasteiger partial charge in [0.05, 0.1) is 11.4 Å². The van der Waals surface area contributed by atoms with Crippen LogP contribution in [-0.2, 0) is 17.6 Å². The van der Waals surface area contributed by atoms with Crippen molar-refractivity contribution in [1.29, 1.82) is 0 Å². The van der Waals surface area contributed by atoms with Crippen LogP contribution in [0.2, 0.25) is 0 Å². The number of hydrogen-bond donors (Lipinski definition) is 1. The number of Topliss-reactive ketones (excluding diaryl/α,β-unsaturated/α-hetero) is 1. The smallest absolute Gasteiger partial charge is 0.135 e. The van der Waals surface area contributed by atoms with Crippen LogP contribution in [0.25, 0.3) is 11.1 Å². The fourth-order valence-electron chi connectivity index (χ4n) is 3.34. The van der Waals surface area contributed by atoms with Crippen molar-refractivity contribution in [3.05, 3.63) is 42.0 Å². The summed E-state index contributed by atoms with van der Waals surface area (Å²) < 4.78 is 0. The number of pyridine rings is 2. The number of anilines is 1. The molecule has 26 heavy (non-hydrogen) atoms. The summed E-state index contributed by atoms with van der Waals surface area (Å²) in [6, 6.07) is 6.23. The molecule has 0 aliphatic heterocycles. The highest BCUT2D eigenvalue weighted by Gasteiger charge is 2.23. The van der Waals surface area contributed by atoms with Crippen LogP contribution < -0.4 is 5.32 Å². The Balaban J connectivity index is 1.56. The standard InChI is InChI=1S/C22H27N3O/c1-15(26)10-20-11-18(8-9-23-20)19-12-22(24-13-17-4-5-17)21(25-14-19)7-6-16-2-3-16/h8-9,11-12,14,16-17,24H,2-7,10,13H2,1H3. The summed E-state index contributed by atoms with van der Waals surface area (Å²) in [7, 11) is 0. The molecular weight excluding hydrogens is 322 g/mol. The Morgan fingerprint density at radius 3 is 2.65 bits per heavy atom. The lowest BCUT2D eigenvalue weighted by Crippen LogP contribution is -2.08. The van der Waals surface area contributed by atoms with Gasteiger partial charge in [-0.15, -0.1) is 0 Å². The number of nitrogens with zero attached hydrogens (tertiary/aromatic N) is 2. The Morgan fingerprint density at radius 1 is 1.12 bits per heavy atom. The molecule has 0 bridgehead atoms. The predicted molar refractivity (Wildman–Crippen MR) is 104 cm³/mol. The number of aromatic nitrogens is 2. The lowest BCUT2D eigenvalue weighted by molar-refractivity contribution is -0.116. The molecule has 4 rings (SSSR count). The van der Waals surface area contributed by atoms with Crippen LogP contribution in [0.4, 0.5) is 5.69 Å². The van der Waals surface area contributed by atoms with Gasteiger partial charge in [-0.25, -0.2) is 0 Å². The number of rotatable bonds is 9. The number of carbonyl (C=O) groups is 1. The van der Waals surface area contributed by atoms with Crippen molar-refractivity contribution >= 4 is 11.5 Å². The van der Waals surface area contributed by atoms with Gasteiger partial charge in [0.15, 0.2) is 0 Å². The fraction of sp³-hybridized carbons (Fsp3) is 0.500. The van der Waals surface area contributed by atoms with Crippen molar-refractivity contribution in [3.8, 4) is 11.1 Å². The van der Waals surface area contributed by atoms with E-state index in [-0.39, 0.29) is 5.78 Å². The first kappa shape index (κ1) is 17.2. The van der Waals surface area contributed by atoms with Crippen LogP contribution in [0.3, 0.4) is 0 Å². The van der Waals surface area contributed by atoms with Gasteiger partial charge in [-0.1, -0.05) is 12.8 Å². The van der Waals surface area contributed by atoms with Crippen molar-refractivity contribution in [2.24, 2.45) is 11.8 Å². The maximum Gasteiger partial charge on any atom is 0.135 e. The van der Waals surface area contributed by atoms with E-state index < -0.39 is 0 Å². The third-order valence-corrected chi connectivity index (χ3v) is 5.31. The molecule has 136 valence electrons. The quantitative estimate of drug-likeness (QED) is 0.727. The lowest BCUT2D eigenvalue weighted by atomic mass is 10.0. The Kier molecular flexibility index (Phi) is 5.00. The average molecular weight is 349 g/mol. The van der Waals surface area contributed by atoms with Crippen LogP contribution in [0.5, 0.6) is 0 Å². The van der Waals surface area contributed by atoms with Gasteiger partial charge in [-0.05, 0) is 68.2 Å². The topological polar surface area (TPSA) is 54.9 Å². The van der Waals surface area contributed by atoms with Gasteiger partial charge in [-0.3, -0.25) is 14.8 Å². The van der Waals surface area contributed by atoms with Gasteiger partial charge in [0.25, 0.3) is 0 Å². The Morgan fingerprint density at radius 2 is 1.92 bits per heavy atom. The van der Waals surface area contributed by atoms with Gasteiger partial charge in [0.2, 0.25) is 0 Å². The first-order valence-corrected chi connectivity index (χ1v) is 9.85. The zero-order valence-corrected chi connectivity index (χ0v) is 15.5. The van der Waals surface area contributed by atoms with E-state index in [4.69, 9.17) is 4.98 Å². The molecule has 2 aromatic heterocycles. The van der Waals surface area contributed by atoms with E-state index in [1.54, 1.807) is 13.1 Å². The van der Waals surface area contributed by atoms with Gasteiger partial charge in [0.1, 0.15) is 5.78 Å². The zero-order valence-electron chi connectivity index (χ0n) is 15.5. The van der Waals surface area contributed by atoms with E-state index in [0.717, 1.165) is 41.6 Å². The second-order valence-corrected chi connectivity index (χ2v) is 7.94. The van der Waals surface area contributed by atoms with E-state index in [1.807, 2.05) is 18.3 Å². The van der Waals surface area contributed by atoms with Crippen LogP contribution in [0, 0.1) is 11.8 Å². The highest BCUT2D eigenvalue weighted by atomic mass is 16.1. The van der Waals surface area contributed by atoms with E-state index in [1.165, 1.54) is 43.5 Å². The monoisotopic (exact) mass is 349 g/mol. The number of carbonyl (C=O) groups excluding carboxylic acids is 1. The Labute approximate surface area is 155 Å². The SMILES string of the molecule is CC(=O)Cc1cc(-c2cnc(CCC3CC3)c(NCC3CC3)c2)ccn1. The number of nitrogens with one attached hydrogen (secondary N) is 1. The second kappa shape index (κ2) is 7.56. The summed E-state index contributed by atoms with van der Waals surface area (Å²) in [5.41, 5.74) is 5.36. The van der Waals surface area contributed by atoms with Crippen LogP contribution >= 0.6 is 0 Å². The predicted octanol–water partition coefficient (Wildman–Crippen LogP) is 4.44. The molecule has 0 unspecified atom stereocenters. The first-order valence-electron chi connectivity index (χ1n) is 9.85. The van der Waals surface area contributed by atoms with E-state index in [9.17, 15) is 4.79 Å². The Bertz CT molecular complexity index is 794. The molecule has 4 nitrogen and oxygen atoms in total. The molecule has 0 atom stereocenters. The molecule has 2 saturated carbocycles. The Hall–Kier alpha value is -2.23. The molecule has 2 aliphatic carbocycles. The minimum atomic E-state index is 0.134. The van der Waals surface area contributed by atoms with Crippen molar-refractivity contribution < 1.29 is 4.79 Å². The molecular formula is C22H27N3O. The number of ketones is 1. The summed E-state index contributed by atoms with van der Waals surface area (Å²) in [5.74, 6) is 1.88. The molecule has 2 fully saturated rings. The van der Waals surface area contributed by atoms with Gasteiger partial charge in [0, 0.05) is 36.6 Å². The lowest BCUT2D eigenvalue weighted by Gasteiger charge is -2.13. The van der Waals surface area contributed by atoms with E-state index >= 15 is 0 Å². The third-order valence-electron chi connectivity index (χ3n) is 5.31. The first-order chi connectivity index (χ1) is 12.7. The van der Waals surface area contributed by atoms with Gasteiger partial charge < -0.3 is 5.32 Å². The molecule has 0 amide bonds. The van der Waals surface area contributed by atoms with E-state index in [2.05, 4.69) is 16.4 Å². The van der Waals surface area contributed by atoms with Crippen molar-refractivity contribution in [2.45, 2.75) is 51.9 Å². The third kappa shape index (κ3) is 4.69. The molecule has 0 saturated heterocycles. The van der Waals surface area contributed by atoms with Crippen molar-refractivity contribution in [2.75, 3.05) is 11.9 Å². The zero-order chi connectivity index (χ0) is 17.9. The minimum absolute atomic E-state index is 0.134. The maximum atomic E-state index is 11.4. The molecule has 0 radical (unpaired) electrons. The summed E-state index contributed by atoms with van der Waals surface area (Å²) in [4.78, 5) is 20.5. The summed E-state index contributed by atoms with van der Waals surface area (Å²) in [6.07, 6.45) is 11.9. The molecule has 0 spiro atoms. The van der Waals surface area contributed by atoms with Crippen LogP contribution in [0.15, 0.2) is 30.6 Å². The normalized spacial score (nSPS) is 16.5. The fourth-order valence-corrected chi connectivity index (χ4v) is 3.34. The molecule has 2 aromatic rings. The molecule has 4 heteroatoms. The summed E-state index contributed by atoms with van der Waals surface area (Å²) in [6.45, 7) is 2.65. The van der Waals surface area contributed by atoms with Crippen LogP contribution in [-0.4, -0.2) is 22.3 Å². The van der Waals surface area contributed by atoms with Gasteiger partial charge >= 0.3 is 0 Å². The molecule has 2 aliphatic rings. The highest BCUT2D eigenvalue weighted by molar-refractivity contribution is 5.78. The largest absolute Gasteiger partial charge is 0.383 e. The molecule has 1 N–H and O–H groups in total. The minimum Gasteiger partial charge on any atom is -0.383 e. The maximum absolute atomic E-state index is 11.4.